The topological polar surface area (TPSA) is 58.0 Å². The second-order valence-corrected chi connectivity index (χ2v) is 8.86. The van der Waals surface area contributed by atoms with E-state index in [1.54, 1.807) is 0 Å². The second-order valence-electron chi connectivity index (χ2n) is 7.78. The quantitative estimate of drug-likeness (QED) is 0.678. The van der Waals surface area contributed by atoms with Crippen LogP contribution >= 0.6 is 11.3 Å². The Morgan fingerprint density at radius 1 is 0.929 bits per heavy atom. The average molecular weight is 395 g/mol. The predicted octanol–water partition coefficient (Wildman–Crippen LogP) is 3.48. The van der Waals surface area contributed by atoms with Crippen molar-refractivity contribution in [1.29, 1.82) is 0 Å². The molecule has 2 aliphatic rings. The first kappa shape index (κ1) is 17.8. The molecule has 3 aromatic heterocycles. The van der Waals surface area contributed by atoms with Crippen LogP contribution in [0, 0.1) is 13.8 Å². The largest absolute Gasteiger partial charge is 0.352 e. The number of piperazine rings is 1. The summed E-state index contributed by atoms with van der Waals surface area (Å²) in [6, 6.07) is 2.03. The Kier molecular flexibility index (Phi) is 4.42. The maximum atomic E-state index is 4.99. The van der Waals surface area contributed by atoms with Crippen molar-refractivity contribution >= 4 is 33.3 Å². The molecule has 146 valence electrons. The highest BCUT2D eigenvalue weighted by Gasteiger charge is 2.27. The van der Waals surface area contributed by atoms with E-state index < -0.39 is 0 Å². The molecule has 0 N–H and O–H groups in total. The normalized spacial score (nSPS) is 16.8. The zero-order valence-electron chi connectivity index (χ0n) is 16.8. The lowest BCUT2D eigenvalue weighted by Gasteiger charge is -2.36. The second kappa shape index (κ2) is 6.95. The van der Waals surface area contributed by atoms with E-state index in [0.29, 0.717) is 0 Å². The lowest BCUT2D eigenvalue weighted by molar-refractivity contribution is 0.632. The van der Waals surface area contributed by atoms with Gasteiger partial charge in [0.1, 0.15) is 16.5 Å². The molecule has 0 atom stereocenters. The summed E-state index contributed by atoms with van der Waals surface area (Å²) in [7, 11) is 0. The van der Waals surface area contributed by atoms with Crippen molar-refractivity contribution in [3.05, 3.63) is 33.7 Å². The molecule has 6 nitrogen and oxygen atoms in total. The Bertz CT molecular complexity index is 1010. The van der Waals surface area contributed by atoms with Gasteiger partial charge in [-0.05, 0) is 44.7 Å². The number of rotatable bonds is 3. The molecule has 5 rings (SSSR count). The van der Waals surface area contributed by atoms with Crippen LogP contribution in [0.2, 0.25) is 0 Å². The Balaban J connectivity index is 1.45. The summed E-state index contributed by atoms with van der Waals surface area (Å²) < 4.78 is 0. The van der Waals surface area contributed by atoms with E-state index in [9.17, 15) is 0 Å². The van der Waals surface area contributed by atoms with E-state index in [0.717, 1.165) is 61.6 Å². The fourth-order valence-electron chi connectivity index (χ4n) is 4.37. The first-order chi connectivity index (χ1) is 13.6. The fourth-order valence-corrected chi connectivity index (χ4v) is 5.65. The maximum absolute atomic E-state index is 4.99. The highest BCUT2D eigenvalue weighted by Crippen LogP contribution is 2.40. The number of nitrogens with zero attached hydrogens (tertiary/aromatic N) is 6. The van der Waals surface area contributed by atoms with Gasteiger partial charge in [-0.25, -0.2) is 19.9 Å². The fraction of sp³-hybridized carbons (Fsp3) is 0.524. The van der Waals surface area contributed by atoms with Gasteiger partial charge in [0, 0.05) is 48.9 Å². The van der Waals surface area contributed by atoms with E-state index >= 15 is 0 Å². The van der Waals surface area contributed by atoms with Crippen LogP contribution in [0.15, 0.2) is 6.07 Å². The van der Waals surface area contributed by atoms with Crippen LogP contribution < -0.4 is 9.80 Å². The number of aromatic nitrogens is 4. The van der Waals surface area contributed by atoms with Gasteiger partial charge in [-0.3, -0.25) is 0 Å². The van der Waals surface area contributed by atoms with Crippen LogP contribution in [0.25, 0.3) is 10.2 Å². The van der Waals surface area contributed by atoms with Crippen LogP contribution in [-0.2, 0) is 19.3 Å². The van der Waals surface area contributed by atoms with Gasteiger partial charge < -0.3 is 9.80 Å². The molecule has 28 heavy (non-hydrogen) atoms. The molecular formula is C21H26N6S. The monoisotopic (exact) mass is 394 g/mol. The van der Waals surface area contributed by atoms with E-state index in [4.69, 9.17) is 9.97 Å². The van der Waals surface area contributed by atoms with E-state index in [2.05, 4.69) is 26.7 Å². The van der Waals surface area contributed by atoms with Gasteiger partial charge in [0.25, 0.3) is 0 Å². The van der Waals surface area contributed by atoms with Gasteiger partial charge in [-0.15, -0.1) is 11.3 Å². The molecule has 1 aliphatic heterocycles. The lowest BCUT2D eigenvalue weighted by Crippen LogP contribution is -2.47. The summed E-state index contributed by atoms with van der Waals surface area (Å²) in [6.45, 7) is 9.93. The third-order valence-corrected chi connectivity index (χ3v) is 6.93. The summed E-state index contributed by atoms with van der Waals surface area (Å²) in [6.07, 6.45) is 4.52. The highest BCUT2D eigenvalue weighted by molar-refractivity contribution is 7.19. The minimum atomic E-state index is 0.857. The molecule has 0 spiro atoms. The summed E-state index contributed by atoms with van der Waals surface area (Å²) >= 11 is 1.89. The van der Waals surface area contributed by atoms with Gasteiger partial charge in [0.15, 0.2) is 0 Å². The maximum Gasteiger partial charge on any atom is 0.225 e. The molecule has 0 unspecified atom stereocenters. The molecule has 4 heterocycles. The number of anilines is 2. The molecule has 0 amide bonds. The summed E-state index contributed by atoms with van der Waals surface area (Å²) in [5, 5.41) is 1.32. The zero-order valence-corrected chi connectivity index (χ0v) is 17.6. The van der Waals surface area contributed by atoms with Crippen LogP contribution in [-0.4, -0.2) is 46.1 Å². The number of hydrogen-bond donors (Lipinski definition) is 0. The summed E-state index contributed by atoms with van der Waals surface area (Å²) in [4.78, 5) is 26.6. The summed E-state index contributed by atoms with van der Waals surface area (Å²) in [5.41, 5.74) is 3.57. The van der Waals surface area contributed by atoms with E-state index in [-0.39, 0.29) is 0 Å². The Morgan fingerprint density at radius 2 is 1.64 bits per heavy atom. The van der Waals surface area contributed by atoms with Crippen molar-refractivity contribution in [2.75, 3.05) is 36.0 Å². The van der Waals surface area contributed by atoms with Crippen molar-refractivity contribution in [3.63, 3.8) is 0 Å². The summed E-state index contributed by atoms with van der Waals surface area (Å²) in [5.74, 6) is 2.97. The zero-order chi connectivity index (χ0) is 19.3. The van der Waals surface area contributed by atoms with Crippen LogP contribution in [0.5, 0.6) is 0 Å². The number of aryl methyl sites for hydroxylation is 5. The predicted molar refractivity (Wildman–Crippen MR) is 115 cm³/mol. The first-order valence-electron chi connectivity index (χ1n) is 10.3. The van der Waals surface area contributed by atoms with Gasteiger partial charge in [0.2, 0.25) is 5.95 Å². The Hall–Kier alpha value is -2.28. The molecule has 1 saturated heterocycles. The van der Waals surface area contributed by atoms with Gasteiger partial charge in [-0.1, -0.05) is 6.92 Å². The molecule has 7 heteroatoms. The van der Waals surface area contributed by atoms with Crippen molar-refractivity contribution in [2.24, 2.45) is 0 Å². The van der Waals surface area contributed by atoms with Gasteiger partial charge in [-0.2, -0.15) is 0 Å². The van der Waals surface area contributed by atoms with Crippen LogP contribution in [0.1, 0.15) is 41.0 Å². The van der Waals surface area contributed by atoms with Crippen molar-refractivity contribution in [1.82, 2.24) is 19.9 Å². The molecule has 1 aliphatic carbocycles. The molecule has 0 bridgehead atoms. The SMILES string of the molecule is CCc1nc(N2CCN(c3nc(C)cc(C)n3)CC2)c2c3c(sc2n1)CCC3. The standard InChI is InChI=1S/C21H26N6S/c1-4-17-24-19(18-15-6-5-7-16(15)28-20(18)25-17)26-8-10-27(11-9-26)21-22-13(2)12-14(3)23-21/h12H,4-11H2,1-3H3. The molecule has 3 aromatic rings. The molecule has 1 fully saturated rings. The highest BCUT2D eigenvalue weighted by atomic mass is 32.1. The van der Waals surface area contributed by atoms with Gasteiger partial charge in [0.05, 0.1) is 5.39 Å². The van der Waals surface area contributed by atoms with Gasteiger partial charge >= 0.3 is 0 Å². The Morgan fingerprint density at radius 3 is 2.36 bits per heavy atom. The smallest absolute Gasteiger partial charge is 0.225 e. The molecule has 0 aromatic carbocycles. The van der Waals surface area contributed by atoms with Crippen molar-refractivity contribution < 1.29 is 0 Å². The van der Waals surface area contributed by atoms with E-state index in [1.165, 1.54) is 39.9 Å². The third-order valence-electron chi connectivity index (χ3n) is 5.74. The molecular weight excluding hydrogens is 368 g/mol. The minimum Gasteiger partial charge on any atom is -0.352 e. The van der Waals surface area contributed by atoms with Crippen molar-refractivity contribution in [2.45, 2.75) is 46.5 Å². The lowest BCUT2D eigenvalue weighted by atomic mass is 10.1. The number of hydrogen-bond acceptors (Lipinski definition) is 7. The third kappa shape index (κ3) is 3.02. The molecule has 0 radical (unpaired) electrons. The van der Waals surface area contributed by atoms with Crippen molar-refractivity contribution in [3.8, 4) is 0 Å². The van der Waals surface area contributed by atoms with Crippen LogP contribution in [0.4, 0.5) is 11.8 Å². The number of fused-ring (bicyclic) bond motifs is 3. The molecule has 0 saturated carbocycles. The van der Waals surface area contributed by atoms with E-state index in [1.807, 2.05) is 31.3 Å². The Labute approximate surface area is 169 Å². The first-order valence-corrected chi connectivity index (χ1v) is 11.1. The number of thiophene rings is 1. The minimum absolute atomic E-state index is 0.857. The average Bonchev–Trinajstić information content (AvgIpc) is 3.27. The van der Waals surface area contributed by atoms with Crippen LogP contribution in [0.3, 0.4) is 0 Å².